The third-order valence-corrected chi connectivity index (χ3v) is 4.16. The van der Waals surface area contributed by atoms with E-state index in [2.05, 4.69) is 13.8 Å². The van der Waals surface area contributed by atoms with E-state index in [1.54, 1.807) is 6.07 Å². The van der Waals surface area contributed by atoms with Gasteiger partial charge in [0.05, 0.1) is 0 Å². The van der Waals surface area contributed by atoms with Gasteiger partial charge in [-0.3, -0.25) is 0 Å². The first-order valence-corrected chi connectivity index (χ1v) is 5.89. The summed E-state index contributed by atoms with van der Waals surface area (Å²) in [5, 5.41) is 1.45. The van der Waals surface area contributed by atoms with Gasteiger partial charge in [-0.2, -0.15) is 0 Å². The van der Waals surface area contributed by atoms with Gasteiger partial charge in [-0.25, -0.2) is 0 Å². The van der Waals surface area contributed by atoms with Gasteiger partial charge in [0.15, 0.2) is 0 Å². The van der Waals surface area contributed by atoms with Crippen LogP contribution in [-0.2, 0) is 0 Å². The lowest BCUT2D eigenvalue weighted by atomic mass is 10.0. The lowest BCUT2D eigenvalue weighted by molar-refractivity contribution is 0.558. The Bertz CT molecular complexity index is 387. The Kier molecular flexibility index (Phi) is 2.74. The Morgan fingerprint density at radius 3 is 2.47 bits per heavy atom. The highest BCUT2D eigenvalue weighted by Gasteiger charge is 2.57. The van der Waals surface area contributed by atoms with Gasteiger partial charge in [-0.15, -0.1) is 0 Å². The molecule has 1 nitrogen and oxygen atoms in total. The van der Waals surface area contributed by atoms with Crippen LogP contribution in [0.5, 0.6) is 0 Å². The van der Waals surface area contributed by atoms with Gasteiger partial charge in [0.2, 0.25) is 0 Å². The lowest BCUT2D eigenvalue weighted by Gasteiger charge is -2.05. The molecular weight excluding hydrogens is 229 g/mol. The van der Waals surface area contributed by atoms with E-state index in [-0.39, 0.29) is 5.41 Å². The Hall–Kier alpha value is -0.240. The molecule has 0 saturated heterocycles. The van der Waals surface area contributed by atoms with Crippen LogP contribution in [0.4, 0.5) is 0 Å². The maximum absolute atomic E-state index is 6.19. The van der Waals surface area contributed by atoms with Crippen LogP contribution in [0.3, 0.4) is 0 Å². The molecule has 0 spiro atoms. The number of benzene rings is 1. The minimum Gasteiger partial charge on any atom is -0.330 e. The Morgan fingerprint density at radius 1 is 1.33 bits per heavy atom. The molecule has 2 unspecified atom stereocenters. The number of nitrogens with two attached hydrogens (primary N) is 1. The lowest BCUT2D eigenvalue weighted by Crippen LogP contribution is -2.05. The van der Waals surface area contributed by atoms with Gasteiger partial charge < -0.3 is 5.73 Å². The van der Waals surface area contributed by atoms with E-state index in [0.29, 0.717) is 16.9 Å². The zero-order valence-electron chi connectivity index (χ0n) is 8.93. The van der Waals surface area contributed by atoms with Gasteiger partial charge in [0.25, 0.3) is 0 Å². The standard InChI is InChI=1S/C12H15Cl2N/c1-12(2)9(6-15)11(12)8-4-3-7(13)5-10(8)14/h3-5,9,11H,6,15H2,1-2H3. The highest BCUT2D eigenvalue weighted by Crippen LogP contribution is 2.64. The highest BCUT2D eigenvalue weighted by atomic mass is 35.5. The maximum atomic E-state index is 6.19. The molecule has 0 amide bonds. The van der Waals surface area contributed by atoms with Crippen molar-refractivity contribution in [2.24, 2.45) is 17.1 Å². The first-order valence-electron chi connectivity index (χ1n) is 5.13. The summed E-state index contributed by atoms with van der Waals surface area (Å²) in [6, 6.07) is 5.72. The van der Waals surface area contributed by atoms with Crippen molar-refractivity contribution in [1.29, 1.82) is 0 Å². The number of hydrogen-bond donors (Lipinski definition) is 1. The van der Waals surface area contributed by atoms with Crippen LogP contribution in [0.15, 0.2) is 18.2 Å². The van der Waals surface area contributed by atoms with Crippen molar-refractivity contribution in [2.75, 3.05) is 6.54 Å². The minimum absolute atomic E-state index is 0.270. The summed E-state index contributed by atoms with van der Waals surface area (Å²) in [6.07, 6.45) is 0. The molecule has 2 rings (SSSR count). The van der Waals surface area contributed by atoms with E-state index < -0.39 is 0 Å². The van der Waals surface area contributed by atoms with Crippen molar-refractivity contribution in [3.05, 3.63) is 33.8 Å². The van der Waals surface area contributed by atoms with Crippen molar-refractivity contribution < 1.29 is 0 Å². The normalized spacial score (nSPS) is 27.8. The zero-order chi connectivity index (χ0) is 11.2. The predicted octanol–water partition coefficient (Wildman–Crippen LogP) is 3.69. The van der Waals surface area contributed by atoms with Gasteiger partial charge in [0, 0.05) is 10.0 Å². The second-order valence-electron chi connectivity index (χ2n) is 4.81. The van der Waals surface area contributed by atoms with E-state index in [0.717, 1.165) is 11.6 Å². The summed E-state index contributed by atoms with van der Waals surface area (Å²) in [5.74, 6) is 1.02. The molecule has 0 aromatic heterocycles. The molecule has 15 heavy (non-hydrogen) atoms. The van der Waals surface area contributed by atoms with Crippen molar-refractivity contribution >= 4 is 23.2 Å². The molecule has 0 radical (unpaired) electrons. The van der Waals surface area contributed by atoms with Gasteiger partial charge in [0.1, 0.15) is 0 Å². The van der Waals surface area contributed by atoms with Gasteiger partial charge >= 0.3 is 0 Å². The summed E-state index contributed by atoms with van der Waals surface area (Å²) < 4.78 is 0. The Balaban J connectivity index is 2.33. The Morgan fingerprint density at radius 2 is 2.00 bits per heavy atom. The second-order valence-corrected chi connectivity index (χ2v) is 5.65. The van der Waals surface area contributed by atoms with Gasteiger partial charge in [-0.1, -0.05) is 43.1 Å². The van der Waals surface area contributed by atoms with Crippen LogP contribution in [0, 0.1) is 11.3 Å². The van der Waals surface area contributed by atoms with Crippen LogP contribution in [0.25, 0.3) is 0 Å². The molecule has 2 atom stereocenters. The monoisotopic (exact) mass is 243 g/mol. The molecule has 1 aromatic rings. The first-order chi connectivity index (χ1) is 6.98. The average molecular weight is 244 g/mol. The van der Waals surface area contributed by atoms with Gasteiger partial charge in [-0.05, 0) is 41.5 Å². The van der Waals surface area contributed by atoms with E-state index in [4.69, 9.17) is 28.9 Å². The molecule has 1 aliphatic carbocycles. The van der Waals surface area contributed by atoms with Crippen molar-refractivity contribution in [3.63, 3.8) is 0 Å². The van der Waals surface area contributed by atoms with Crippen LogP contribution < -0.4 is 5.73 Å². The summed E-state index contributed by atoms with van der Waals surface area (Å²) in [4.78, 5) is 0. The van der Waals surface area contributed by atoms with Crippen molar-refractivity contribution in [3.8, 4) is 0 Å². The SMILES string of the molecule is CC1(C)C(CN)C1c1ccc(Cl)cc1Cl. The Labute approximate surface area is 101 Å². The fraction of sp³-hybridized carbons (Fsp3) is 0.500. The predicted molar refractivity (Wildman–Crippen MR) is 65.5 cm³/mol. The molecule has 0 heterocycles. The summed E-state index contributed by atoms with van der Waals surface area (Å²) in [7, 11) is 0. The minimum atomic E-state index is 0.270. The number of halogens is 2. The third-order valence-electron chi connectivity index (χ3n) is 3.60. The highest BCUT2D eigenvalue weighted by molar-refractivity contribution is 6.35. The maximum Gasteiger partial charge on any atom is 0.0455 e. The summed E-state index contributed by atoms with van der Waals surface area (Å²) in [6.45, 7) is 5.19. The van der Waals surface area contributed by atoms with E-state index in [1.165, 1.54) is 5.56 Å². The smallest absolute Gasteiger partial charge is 0.0455 e. The molecular formula is C12H15Cl2N. The summed E-state index contributed by atoms with van der Waals surface area (Å²) >= 11 is 12.1. The third kappa shape index (κ3) is 1.77. The van der Waals surface area contributed by atoms with E-state index >= 15 is 0 Å². The zero-order valence-corrected chi connectivity index (χ0v) is 10.4. The van der Waals surface area contributed by atoms with Crippen LogP contribution in [-0.4, -0.2) is 6.54 Å². The van der Waals surface area contributed by atoms with E-state index in [9.17, 15) is 0 Å². The molecule has 3 heteroatoms. The molecule has 82 valence electrons. The fourth-order valence-corrected chi connectivity index (χ4v) is 3.08. The number of rotatable bonds is 2. The van der Waals surface area contributed by atoms with E-state index in [1.807, 2.05) is 12.1 Å². The summed E-state index contributed by atoms with van der Waals surface area (Å²) in [5.41, 5.74) is 7.20. The molecule has 1 aromatic carbocycles. The van der Waals surface area contributed by atoms with Crippen molar-refractivity contribution in [2.45, 2.75) is 19.8 Å². The molecule has 2 N–H and O–H groups in total. The van der Waals surface area contributed by atoms with Crippen molar-refractivity contribution in [1.82, 2.24) is 0 Å². The van der Waals surface area contributed by atoms with Crippen LogP contribution >= 0.6 is 23.2 Å². The number of hydrogen-bond acceptors (Lipinski definition) is 1. The topological polar surface area (TPSA) is 26.0 Å². The molecule has 0 aliphatic heterocycles. The fourth-order valence-electron chi connectivity index (χ4n) is 2.56. The molecule has 0 bridgehead atoms. The average Bonchev–Trinajstić information content (AvgIpc) is 2.68. The molecule has 1 aliphatic rings. The van der Waals surface area contributed by atoms with Crippen LogP contribution in [0.2, 0.25) is 10.0 Å². The quantitative estimate of drug-likeness (QED) is 0.843. The largest absolute Gasteiger partial charge is 0.330 e. The second kappa shape index (κ2) is 3.65. The van der Waals surface area contributed by atoms with Crippen LogP contribution in [0.1, 0.15) is 25.3 Å². The first kappa shape index (κ1) is 11.3. The molecule has 1 fully saturated rings. The molecule has 1 saturated carbocycles.